The van der Waals surface area contributed by atoms with Gasteiger partial charge in [-0.1, -0.05) is 13.8 Å². The quantitative estimate of drug-likeness (QED) is 0.824. The smallest absolute Gasteiger partial charge is 0.0931 e. The molecule has 16 heavy (non-hydrogen) atoms. The molecule has 0 amide bonds. The Balaban J connectivity index is 1.85. The average molecular weight is 238 g/mol. The molecule has 0 aliphatic heterocycles. The monoisotopic (exact) mass is 238 g/mol. The van der Waals surface area contributed by atoms with Crippen molar-refractivity contribution in [2.24, 2.45) is 11.8 Å². The van der Waals surface area contributed by atoms with E-state index in [0.29, 0.717) is 0 Å². The highest BCUT2D eigenvalue weighted by molar-refractivity contribution is 7.09. The van der Waals surface area contributed by atoms with Gasteiger partial charge in [0.1, 0.15) is 0 Å². The zero-order valence-electron chi connectivity index (χ0n) is 10.5. The summed E-state index contributed by atoms with van der Waals surface area (Å²) < 4.78 is 0. The van der Waals surface area contributed by atoms with E-state index in [4.69, 9.17) is 0 Å². The minimum absolute atomic E-state index is 0.728. The third-order valence-electron chi connectivity index (χ3n) is 3.29. The standard InChI is InChI=1S/C13H22N2S/c1-9(2)11(7-14-12-4-5-12)6-13-15-10(3)8-16-13/h8-9,11-12,14H,4-7H2,1-3H3. The van der Waals surface area contributed by atoms with Gasteiger partial charge in [0.05, 0.1) is 5.01 Å². The SMILES string of the molecule is Cc1csc(CC(CNC2CC2)C(C)C)n1. The van der Waals surface area contributed by atoms with Crippen LogP contribution in [0.1, 0.15) is 37.4 Å². The van der Waals surface area contributed by atoms with Gasteiger partial charge in [-0.2, -0.15) is 0 Å². The Morgan fingerprint density at radius 1 is 1.50 bits per heavy atom. The fourth-order valence-electron chi connectivity index (χ4n) is 1.87. The van der Waals surface area contributed by atoms with E-state index < -0.39 is 0 Å². The molecule has 0 radical (unpaired) electrons. The fraction of sp³-hybridized carbons (Fsp3) is 0.769. The van der Waals surface area contributed by atoms with Crippen LogP contribution in [0.2, 0.25) is 0 Å². The van der Waals surface area contributed by atoms with Crippen LogP contribution in [0.4, 0.5) is 0 Å². The van der Waals surface area contributed by atoms with Crippen molar-refractivity contribution in [2.75, 3.05) is 6.54 Å². The minimum Gasteiger partial charge on any atom is -0.314 e. The molecule has 0 aromatic carbocycles. The van der Waals surface area contributed by atoms with Gasteiger partial charge in [-0.05, 0) is 38.1 Å². The lowest BCUT2D eigenvalue weighted by Gasteiger charge is -2.20. The zero-order chi connectivity index (χ0) is 11.5. The summed E-state index contributed by atoms with van der Waals surface area (Å²) in [6.07, 6.45) is 3.89. The Labute approximate surface area is 102 Å². The maximum atomic E-state index is 4.57. The second kappa shape index (κ2) is 5.28. The van der Waals surface area contributed by atoms with Crippen LogP contribution in [-0.2, 0) is 6.42 Å². The number of aromatic nitrogens is 1. The van der Waals surface area contributed by atoms with E-state index in [1.165, 1.54) is 17.8 Å². The van der Waals surface area contributed by atoms with Gasteiger partial charge in [0.2, 0.25) is 0 Å². The minimum atomic E-state index is 0.728. The van der Waals surface area contributed by atoms with Crippen LogP contribution >= 0.6 is 11.3 Å². The first-order valence-electron chi connectivity index (χ1n) is 6.29. The van der Waals surface area contributed by atoms with Crippen LogP contribution in [0.5, 0.6) is 0 Å². The molecular weight excluding hydrogens is 216 g/mol. The second-order valence-electron chi connectivity index (χ2n) is 5.27. The molecule has 1 unspecified atom stereocenters. The van der Waals surface area contributed by atoms with Crippen molar-refractivity contribution in [3.05, 3.63) is 16.1 Å². The van der Waals surface area contributed by atoms with Crippen molar-refractivity contribution in [1.82, 2.24) is 10.3 Å². The number of aryl methyl sites for hydroxylation is 1. The van der Waals surface area contributed by atoms with Crippen LogP contribution in [0, 0.1) is 18.8 Å². The number of nitrogens with one attached hydrogen (secondary N) is 1. The summed E-state index contributed by atoms with van der Waals surface area (Å²) in [4.78, 5) is 4.57. The number of hydrogen-bond acceptors (Lipinski definition) is 3. The molecule has 90 valence electrons. The lowest BCUT2D eigenvalue weighted by atomic mass is 9.92. The van der Waals surface area contributed by atoms with Crippen molar-refractivity contribution in [3.63, 3.8) is 0 Å². The Morgan fingerprint density at radius 2 is 2.25 bits per heavy atom. The van der Waals surface area contributed by atoms with Gasteiger partial charge in [0.25, 0.3) is 0 Å². The normalized spacial score (nSPS) is 18.0. The Kier molecular flexibility index (Phi) is 3.98. The topological polar surface area (TPSA) is 24.9 Å². The molecule has 0 spiro atoms. The molecule has 1 atom stereocenters. The maximum absolute atomic E-state index is 4.57. The van der Waals surface area contributed by atoms with Gasteiger partial charge >= 0.3 is 0 Å². The summed E-state index contributed by atoms with van der Waals surface area (Å²) in [7, 11) is 0. The van der Waals surface area contributed by atoms with E-state index in [9.17, 15) is 0 Å². The van der Waals surface area contributed by atoms with Crippen LogP contribution in [-0.4, -0.2) is 17.6 Å². The van der Waals surface area contributed by atoms with Crippen LogP contribution in [0.25, 0.3) is 0 Å². The lowest BCUT2D eigenvalue weighted by molar-refractivity contribution is 0.359. The summed E-state index contributed by atoms with van der Waals surface area (Å²) in [6.45, 7) is 7.87. The Hall–Kier alpha value is -0.410. The highest BCUT2D eigenvalue weighted by Gasteiger charge is 2.23. The van der Waals surface area contributed by atoms with Crippen molar-refractivity contribution in [2.45, 2.75) is 46.1 Å². The molecule has 1 aromatic heterocycles. The van der Waals surface area contributed by atoms with E-state index in [-0.39, 0.29) is 0 Å². The van der Waals surface area contributed by atoms with Crippen molar-refractivity contribution in [3.8, 4) is 0 Å². The van der Waals surface area contributed by atoms with Gasteiger partial charge < -0.3 is 5.32 Å². The van der Waals surface area contributed by atoms with E-state index in [0.717, 1.165) is 36.5 Å². The molecular formula is C13H22N2S. The third-order valence-corrected chi connectivity index (χ3v) is 4.28. The fourth-order valence-corrected chi connectivity index (χ4v) is 2.74. The van der Waals surface area contributed by atoms with Gasteiger partial charge in [-0.15, -0.1) is 11.3 Å². The molecule has 2 nitrogen and oxygen atoms in total. The molecule has 1 aliphatic rings. The molecule has 1 N–H and O–H groups in total. The Morgan fingerprint density at radius 3 is 2.75 bits per heavy atom. The second-order valence-corrected chi connectivity index (χ2v) is 6.22. The molecule has 3 heteroatoms. The molecule has 1 heterocycles. The van der Waals surface area contributed by atoms with E-state index in [1.807, 2.05) is 0 Å². The van der Waals surface area contributed by atoms with Gasteiger partial charge in [-0.3, -0.25) is 0 Å². The van der Waals surface area contributed by atoms with Gasteiger partial charge in [0.15, 0.2) is 0 Å². The largest absolute Gasteiger partial charge is 0.314 e. The molecule has 2 rings (SSSR count). The van der Waals surface area contributed by atoms with E-state index in [2.05, 4.69) is 36.5 Å². The van der Waals surface area contributed by atoms with Gasteiger partial charge in [0, 0.05) is 23.5 Å². The average Bonchev–Trinajstić information content (AvgIpc) is 2.96. The number of thiazole rings is 1. The van der Waals surface area contributed by atoms with Crippen molar-refractivity contribution in [1.29, 1.82) is 0 Å². The first-order valence-corrected chi connectivity index (χ1v) is 7.17. The van der Waals surface area contributed by atoms with E-state index >= 15 is 0 Å². The number of hydrogen-bond donors (Lipinski definition) is 1. The Bertz CT molecular complexity index is 328. The summed E-state index contributed by atoms with van der Waals surface area (Å²) in [5, 5.41) is 7.10. The number of rotatable bonds is 6. The highest BCUT2D eigenvalue weighted by atomic mass is 32.1. The molecule has 0 saturated heterocycles. The van der Waals surface area contributed by atoms with Gasteiger partial charge in [-0.25, -0.2) is 4.98 Å². The summed E-state index contributed by atoms with van der Waals surface area (Å²) in [5.41, 5.74) is 1.16. The summed E-state index contributed by atoms with van der Waals surface area (Å²) >= 11 is 1.81. The maximum Gasteiger partial charge on any atom is 0.0931 e. The third kappa shape index (κ3) is 3.56. The first kappa shape index (κ1) is 12.1. The molecule has 1 aliphatic carbocycles. The summed E-state index contributed by atoms with van der Waals surface area (Å²) in [6, 6.07) is 0.819. The first-order chi connectivity index (χ1) is 7.65. The van der Waals surface area contributed by atoms with Crippen molar-refractivity contribution >= 4 is 11.3 Å². The lowest BCUT2D eigenvalue weighted by Crippen LogP contribution is -2.29. The molecule has 1 fully saturated rings. The predicted molar refractivity (Wildman–Crippen MR) is 69.9 cm³/mol. The molecule has 1 saturated carbocycles. The van der Waals surface area contributed by atoms with E-state index in [1.54, 1.807) is 11.3 Å². The number of nitrogens with zero attached hydrogens (tertiary/aromatic N) is 1. The van der Waals surface area contributed by atoms with Crippen molar-refractivity contribution < 1.29 is 0 Å². The van der Waals surface area contributed by atoms with Crippen LogP contribution in [0.3, 0.4) is 0 Å². The highest BCUT2D eigenvalue weighted by Crippen LogP contribution is 2.23. The summed E-state index contributed by atoms with van der Waals surface area (Å²) in [5.74, 6) is 1.46. The van der Waals surface area contributed by atoms with Crippen LogP contribution in [0.15, 0.2) is 5.38 Å². The van der Waals surface area contributed by atoms with Crippen LogP contribution < -0.4 is 5.32 Å². The predicted octanol–water partition coefficient (Wildman–Crippen LogP) is 3.02. The zero-order valence-corrected chi connectivity index (χ0v) is 11.3. The molecule has 1 aromatic rings. The molecule has 0 bridgehead atoms.